The summed E-state index contributed by atoms with van der Waals surface area (Å²) in [6.45, 7) is -0.230. The van der Waals surface area contributed by atoms with Gasteiger partial charge in [-0.2, -0.15) is 0 Å². The number of hydrogen-bond acceptors (Lipinski definition) is 6. The van der Waals surface area contributed by atoms with Gasteiger partial charge in [-0.3, -0.25) is 30.7 Å². The molecule has 1 aromatic carbocycles. The summed E-state index contributed by atoms with van der Waals surface area (Å²) >= 11 is 4.92. The Morgan fingerprint density at radius 2 is 1.68 bits per heavy atom. The first-order chi connectivity index (χ1) is 12.1. The number of amides is 2. The second kappa shape index (κ2) is 9.18. The van der Waals surface area contributed by atoms with Crippen LogP contribution in [0.25, 0.3) is 0 Å². The van der Waals surface area contributed by atoms with Crippen molar-refractivity contribution < 1.29 is 19.1 Å². The van der Waals surface area contributed by atoms with Crippen molar-refractivity contribution in [1.82, 2.24) is 21.2 Å². The second-order valence-corrected chi connectivity index (χ2v) is 5.06. The van der Waals surface area contributed by atoms with Crippen LogP contribution in [0.5, 0.6) is 11.5 Å². The lowest BCUT2D eigenvalue weighted by molar-refractivity contribution is -0.121. The van der Waals surface area contributed by atoms with Crippen LogP contribution in [-0.2, 0) is 4.79 Å². The first-order valence-corrected chi connectivity index (χ1v) is 7.56. The van der Waals surface area contributed by atoms with Crippen molar-refractivity contribution in [2.75, 3.05) is 13.7 Å². The number of nitrogens with one attached hydrogen (secondary N) is 3. The number of aromatic nitrogens is 1. The largest absolute Gasteiger partial charge is 0.497 e. The molecule has 2 amide bonds. The third-order valence-corrected chi connectivity index (χ3v) is 3.12. The first kappa shape index (κ1) is 18.1. The molecule has 8 nitrogen and oxygen atoms in total. The van der Waals surface area contributed by atoms with Gasteiger partial charge in [-0.1, -0.05) is 0 Å². The molecule has 0 bridgehead atoms. The number of hydrazine groups is 1. The van der Waals surface area contributed by atoms with E-state index in [1.807, 2.05) is 0 Å². The summed E-state index contributed by atoms with van der Waals surface area (Å²) in [5.41, 5.74) is 5.20. The van der Waals surface area contributed by atoms with Gasteiger partial charge in [0.15, 0.2) is 11.7 Å². The topological polar surface area (TPSA) is 102 Å². The van der Waals surface area contributed by atoms with E-state index in [0.29, 0.717) is 17.1 Å². The summed E-state index contributed by atoms with van der Waals surface area (Å²) in [6.07, 6.45) is 2.98. The van der Waals surface area contributed by atoms with Crippen LogP contribution in [0.15, 0.2) is 48.8 Å². The van der Waals surface area contributed by atoms with Crippen molar-refractivity contribution in [3.8, 4) is 11.5 Å². The lowest BCUT2D eigenvalue weighted by atomic mass is 10.3. The van der Waals surface area contributed by atoms with Crippen LogP contribution < -0.4 is 25.6 Å². The Labute approximate surface area is 149 Å². The van der Waals surface area contributed by atoms with Crippen LogP contribution in [0.1, 0.15) is 10.4 Å². The third kappa shape index (κ3) is 6.07. The monoisotopic (exact) mass is 360 g/mol. The number of methoxy groups -OCH3 is 1. The van der Waals surface area contributed by atoms with Gasteiger partial charge >= 0.3 is 0 Å². The number of thiocarbonyl (C=S) groups is 1. The molecule has 0 spiro atoms. The highest BCUT2D eigenvalue weighted by Gasteiger charge is 2.08. The number of ether oxygens (including phenoxy) is 2. The van der Waals surface area contributed by atoms with Gasteiger partial charge in [0.1, 0.15) is 11.5 Å². The van der Waals surface area contributed by atoms with Crippen LogP contribution in [-0.4, -0.2) is 35.6 Å². The van der Waals surface area contributed by atoms with Gasteiger partial charge in [0.05, 0.1) is 7.11 Å². The lowest BCUT2D eigenvalue weighted by Gasteiger charge is -2.11. The molecule has 0 aliphatic rings. The number of pyridine rings is 1. The van der Waals surface area contributed by atoms with Crippen molar-refractivity contribution in [3.05, 3.63) is 54.4 Å². The number of nitrogens with zero attached hydrogens (tertiary/aromatic N) is 1. The minimum atomic E-state index is -0.466. The average molecular weight is 360 g/mol. The van der Waals surface area contributed by atoms with Crippen molar-refractivity contribution in [2.24, 2.45) is 0 Å². The zero-order valence-corrected chi connectivity index (χ0v) is 14.1. The maximum atomic E-state index is 11.8. The van der Waals surface area contributed by atoms with Crippen LogP contribution >= 0.6 is 12.2 Å². The third-order valence-electron chi connectivity index (χ3n) is 2.91. The second-order valence-electron chi connectivity index (χ2n) is 4.66. The summed E-state index contributed by atoms with van der Waals surface area (Å²) in [5, 5.41) is 2.33. The van der Waals surface area contributed by atoms with Gasteiger partial charge in [0, 0.05) is 18.0 Å². The van der Waals surface area contributed by atoms with E-state index in [1.54, 1.807) is 43.5 Å². The van der Waals surface area contributed by atoms with Crippen LogP contribution in [0.3, 0.4) is 0 Å². The van der Waals surface area contributed by atoms with Gasteiger partial charge in [-0.25, -0.2) is 0 Å². The fourth-order valence-corrected chi connectivity index (χ4v) is 1.87. The number of benzene rings is 1. The van der Waals surface area contributed by atoms with Crippen molar-refractivity contribution >= 4 is 29.1 Å². The van der Waals surface area contributed by atoms with Crippen molar-refractivity contribution in [3.63, 3.8) is 0 Å². The van der Waals surface area contributed by atoms with E-state index in [4.69, 9.17) is 21.7 Å². The molecular formula is C16H16N4O4S. The van der Waals surface area contributed by atoms with E-state index in [9.17, 15) is 9.59 Å². The number of hydrogen-bond donors (Lipinski definition) is 3. The quantitative estimate of drug-likeness (QED) is 0.536. The lowest BCUT2D eigenvalue weighted by Crippen LogP contribution is -2.49. The van der Waals surface area contributed by atoms with Gasteiger partial charge in [0.25, 0.3) is 11.8 Å². The van der Waals surface area contributed by atoms with Gasteiger partial charge in [-0.05, 0) is 48.6 Å². The molecule has 0 radical (unpaired) electrons. The van der Waals surface area contributed by atoms with E-state index in [2.05, 4.69) is 21.2 Å². The zero-order chi connectivity index (χ0) is 18.1. The zero-order valence-electron chi connectivity index (χ0n) is 13.3. The Hall–Kier alpha value is -3.20. The summed E-state index contributed by atoms with van der Waals surface area (Å²) in [6, 6.07) is 9.88. The summed E-state index contributed by atoms with van der Waals surface area (Å²) < 4.78 is 10.3. The molecule has 0 saturated carbocycles. The number of rotatable bonds is 5. The highest BCUT2D eigenvalue weighted by Crippen LogP contribution is 2.16. The Bertz CT molecular complexity index is 738. The molecular weight excluding hydrogens is 344 g/mol. The highest BCUT2D eigenvalue weighted by molar-refractivity contribution is 7.80. The summed E-state index contributed by atoms with van der Waals surface area (Å²) in [4.78, 5) is 27.4. The first-order valence-electron chi connectivity index (χ1n) is 7.15. The van der Waals surface area contributed by atoms with E-state index in [0.717, 1.165) is 0 Å². The molecule has 1 heterocycles. The number of carbonyl (C=O) groups excluding carboxylic acids is 2. The normalized spacial score (nSPS) is 9.64. The predicted octanol–water partition coefficient (Wildman–Crippen LogP) is 0.805. The Morgan fingerprint density at radius 3 is 2.32 bits per heavy atom. The minimum Gasteiger partial charge on any atom is -0.497 e. The Balaban J connectivity index is 1.70. The Kier molecular flexibility index (Phi) is 6.66. The molecule has 0 unspecified atom stereocenters. The van der Waals surface area contributed by atoms with E-state index < -0.39 is 11.8 Å². The van der Waals surface area contributed by atoms with Crippen molar-refractivity contribution in [1.29, 1.82) is 0 Å². The molecule has 130 valence electrons. The molecule has 2 rings (SSSR count). The Morgan fingerprint density at radius 1 is 1.04 bits per heavy atom. The van der Waals surface area contributed by atoms with Gasteiger partial charge in [0.2, 0.25) is 0 Å². The fraction of sp³-hybridized carbons (Fsp3) is 0.125. The molecule has 0 saturated heterocycles. The molecule has 25 heavy (non-hydrogen) atoms. The smallest absolute Gasteiger partial charge is 0.269 e. The molecule has 0 aliphatic heterocycles. The molecule has 2 aromatic rings. The SMILES string of the molecule is COc1ccc(OCC(=O)NC(=S)NNC(=O)c2ccncc2)cc1. The maximum Gasteiger partial charge on any atom is 0.269 e. The molecule has 0 atom stereocenters. The molecule has 0 fully saturated rings. The van der Waals surface area contributed by atoms with E-state index >= 15 is 0 Å². The van der Waals surface area contributed by atoms with Crippen molar-refractivity contribution in [2.45, 2.75) is 0 Å². The molecule has 3 N–H and O–H groups in total. The standard InChI is InChI=1S/C16H16N4O4S/c1-23-12-2-4-13(5-3-12)24-10-14(21)18-16(25)20-19-15(22)11-6-8-17-9-7-11/h2-9H,10H2,1H3,(H,19,22)(H2,18,20,21,25). The molecule has 9 heteroatoms. The predicted molar refractivity (Wildman–Crippen MR) is 94.1 cm³/mol. The molecule has 0 aliphatic carbocycles. The fourth-order valence-electron chi connectivity index (χ4n) is 1.70. The van der Waals surface area contributed by atoms with E-state index in [-0.39, 0.29) is 11.7 Å². The highest BCUT2D eigenvalue weighted by atomic mass is 32.1. The van der Waals surface area contributed by atoms with Crippen LogP contribution in [0.2, 0.25) is 0 Å². The van der Waals surface area contributed by atoms with Gasteiger partial charge in [-0.15, -0.1) is 0 Å². The van der Waals surface area contributed by atoms with E-state index in [1.165, 1.54) is 12.4 Å². The van der Waals surface area contributed by atoms with Crippen LogP contribution in [0.4, 0.5) is 0 Å². The summed E-state index contributed by atoms with van der Waals surface area (Å²) in [7, 11) is 1.56. The van der Waals surface area contributed by atoms with Gasteiger partial charge < -0.3 is 9.47 Å². The van der Waals surface area contributed by atoms with Crippen LogP contribution in [0, 0.1) is 0 Å². The number of carbonyl (C=O) groups is 2. The summed E-state index contributed by atoms with van der Waals surface area (Å²) in [5.74, 6) is 0.327. The average Bonchev–Trinajstić information content (AvgIpc) is 2.65. The maximum absolute atomic E-state index is 11.8. The molecule has 1 aromatic heterocycles. The minimum absolute atomic E-state index is 0.0502.